The van der Waals surface area contributed by atoms with E-state index < -0.39 is 0 Å². The summed E-state index contributed by atoms with van der Waals surface area (Å²) in [6.07, 6.45) is 1.53. The van der Waals surface area contributed by atoms with E-state index in [0.717, 1.165) is 12.8 Å². The van der Waals surface area contributed by atoms with Crippen LogP contribution in [0.4, 0.5) is 5.69 Å². The average molecular weight is 433 g/mol. The number of para-hydroxylation sites is 1. The molecule has 6 heteroatoms. The highest BCUT2D eigenvalue weighted by atomic mass is 16.5. The molecule has 0 bridgehead atoms. The predicted octanol–water partition coefficient (Wildman–Crippen LogP) is 4.33. The smallest absolute Gasteiger partial charge is 0.255 e. The zero-order chi connectivity index (χ0) is 22.6. The Morgan fingerprint density at radius 2 is 1.53 bits per heavy atom. The Balaban J connectivity index is 1.55. The van der Waals surface area contributed by atoms with Crippen LogP contribution in [0.25, 0.3) is 0 Å². The number of hydrogen-bond acceptors (Lipinski definition) is 4. The van der Waals surface area contributed by atoms with Crippen molar-refractivity contribution in [3.63, 3.8) is 0 Å². The Bertz CT molecular complexity index is 1000. The number of hydrogen-bond donors (Lipinski definition) is 2. The van der Waals surface area contributed by atoms with Gasteiger partial charge in [-0.25, -0.2) is 0 Å². The standard InChI is InChI=1S/C26H28N2O4/c1-31-18-7-17-27-26(30)23-10-5-6-11-24(23)28-25(29)21-12-14-22(15-13-21)32-19-16-20-8-3-2-4-9-20/h2-6,8-15H,7,16-19H2,1H3,(H,27,30)(H,28,29). The molecule has 0 aliphatic rings. The Morgan fingerprint density at radius 3 is 2.28 bits per heavy atom. The quantitative estimate of drug-likeness (QED) is 0.442. The lowest BCUT2D eigenvalue weighted by molar-refractivity contribution is 0.0949. The summed E-state index contributed by atoms with van der Waals surface area (Å²) in [7, 11) is 1.62. The van der Waals surface area contributed by atoms with Crippen molar-refractivity contribution in [3.8, 4) is 5.75 Å². The van der Waals surface area contributed by atoms with E-state index in [1.807, 2.05) is 18.2 Å². The Labute approximate surface area is 188 Å². The Hall–Kier alpha value is -3.64. The van der Waals surface area contributed by atoms with Crippen LogP contribution >= 0.6 is 0 Å². The number of benzene rings is 3. The molecule has 32 heavy (non-hydrogen) atoms. The molecule has 0 unspecified atom stereocenters. The van der Waals surface area contributed by atoms with Gasteiger partial charge < -0.3 is 20.1 Å². The van der Waals surface area contributed by atoms with Crippen molar-refractivity contribution in [2.45, 2.75) is 12.8 Å². The van der Waals surface area contributed by atoms with Crippen molar-refractivity contribution in [2.75, 3.05) is 32.2 Å². The van der Waals surface area contributed by atoms with Crippen molar-refractivity contribution in [2.24, 2.45) is 0 Å². The van der Waals surface area contributed by atoms with Gasteiger partial charge in [0.05, 0.1) is 17.9 Å². The minimum absolute atomic E-state index is 0.237. The van der Waals surface area contributed by atoms with Crippen LogP contribution in [0.3, 0.4) is 0 Å². The van der Waals surface area contributed by atoms with E-state index in [1.54, 1.807) is 55.6 Å². The summed E-state index contributed by atoms with van der Waals surface area (Å²) in [5.74, 6) is 0.174. The fraction of sp³-hybridized carbons (Fsp3) is 0.231. The fourth-order valence-electron chi connectivity index (χ4n) is 3.13. The molecule has 6 nitrogen and oxygen atoms in total. The molecule has 0 heterocycles. The normalized spacial score (nSPS) is 10.4. The van der Waals surface area contributed by atoms with E-state index >= 15 is 0 Å². The second-order valence-electron chi connectivity index (χ2n) is 7.21. The highest BCUT2D eigenvalue weighted by Crippen LogP contribution is 2.18. The average Bonchev–Trinajstić information content (AvgIpc) is 2.83. The number of nitrogens with one attached hydrogen (secondary N) is 2. The number of rotatable bonds is 11. The van der Waals surface area contributed by atoms with Gasteiger partial charge in [-0.05, 0) is 48.4 Å². The van der Waals surface area contributed by atoms with Gasteiger partial charge >= 0.3 is 0 Å². The summed E-state index contributed by atoms with van der Waals surface area (Å²) in [5.41, 5.74) is 2.57. The third kappa shape index (κ3) is 6.96. The maximum absolute atomic E-state index is 12.7. The molecule has 0 atom stereocenters. The number of amides is 2. The van der Waals surface area contributed by atoms with Gasteiger partial charge in [0.1, 0.15) is 5.75 Å². The van der Waals surface area contributed by atoms with E-state index in [0.29, 0.717) is 42.3 Å². The molecule has 0 saturated heterocycles. The summed E-state index contributed by atoms with van der Waals surface area (Å²) in [6, 6.07) is 24.0. The van der Waals surface area contributed by atoms with Crippen LogP contribution < -0.4 is 15.4 Å². The maximum atomic E-state index is 12.7. The zero-order valence-corrected chi connectivity index (χ0v) is 18.2. The summed E-state index contributed by atoms with van der Waals surface area (Å²) >= 11 is 0. The SMILES string of the molecule is COCCCNC(=O)c1ccccc1NC(=O)c1ccc(OCCc2ccccc2)cc1. The van der Waals surface area contributed by atoms with E-state index in [-0.39, 0.29) is 11.8 Å². The number of carbonyl (C=O) groups excluding carboxylic acids is 2. The molecule has 3 rings (SSSR count). The van der Waals surface area contributed by atoms with Crippen LogP contribution in [0.1, 0.15) is 32.7 Å². The van der Waals surface area contributed by atoms with Crippen LogP contribution in [0, 0.1) is 0 Å². The zero-order valence-electron chi connectivity index (χ0n) is 18.2. The maximum Gasteiger partial charge on any atom is 0.255 e. The Morgan fingerprint density at radius 1 is 0.812 bits per heavy atom. The molecule has 0 spiro atoms. The first-order valence-corrected chi connectivity index (χ1v) is 10.6. The molecular weight excluding hydrogens is 404 g/mol. The molecular formula is C26H28N2O4. The third-order valence-corrected chi connectivity index (χ3v) is 4.85. The summed E-state index contributed by atoms with van der Waals surface area (Å²) < 4.78 is 10.8. The van der Waals surface area contributed by atoms with Crippen molar-refractivity contribution in [3.05, 3.63) is 95.6 Å². The molecule has 0 saturated carbocycles. The van der Waals surface area contributed by atoms with Gasteiger partial charge in [-0.1, -0.05) is 42.5 Å². The van der Waals surface area contributed by atoms with Crippen LogP contribution in [0.5, 0.6) is 5.75 Å². The first-order valence-electron chi connectivity index (χ1n) is 10.6. The van der Waals surface area contributed by atoms with Crippen LogP contribution in [-0.4, -0.2) is 38.7 Å². The lowest BCUT2D eigenvalue weighted by Gasteiger charge is -2.12. The van der Waals surface area contributed by atoms with Crippen LogP contribution in [0.15, 0.2) is 78.9 Å². The predicted molar refractivity (Wildman–Crippen MR) is 125 cm³/mol. The summed E-state index contributed by atoms with van der Waals surface area (Å²) in [4.78, 5) is 25.2. The number of ether oxygens (including phenoxy) is 2. The van der Waals surface area contributed by atoms with Gasteiger partial charge in [0.15, 0.2) is 0 Å². The second-order valence-corrected chi connectivity index (χ2v) is 7.21. The van der Waals surface area contributed by atoms with Crippen molar-refractivity contribution in [1.29, 1.82) is 0 Å². The van der Waals surface area contributed by atoms with E-state index in [1.165, 1.54) is 5.56 Å². The minimum atomic E-state index is -0.291. The first kappa shape index (κ1) is 23.0. The first-order chi connectivity index (χ1) is 15.7. The largest absolute Gasteiger partial charge is 0.493 e. The third-order valence-electron chi connectivity index (χ3n) is 4.85. The highest BCUT2D eigenvalue weighted by molar-refractivity contribution is 6.09. The molecule has 2 N–H and O–H groups in total. The van der Waals surface area contributed by atoms with Gasteiger partial charge in [0.25, 0.3) is 11.8 Å². The topological polar surface area (TPSA) is 76.7 Å². The van der Waals surface area contributed by atoms with Gasteiger partial charge in [0, 0.05) is 32.2 Å². The van der Waals surface area contributed by atoms with Gasteiger partial charge in [0.2, 0.25) is 0 Å². The lowest BCUT2D eigenvalue weighted by Crippen LogP contribution is -2.26. The van der Waals surface area contributed by atoms with E-state index in [2.05, 4.69) is 22.8 Å². The monoisotopic (exact) mass is 432 g/mol. The van der Waals surface area contributed by atoms with E-state index in [9.17, 15) is 9.59 Å². The van der Waals surface area contributed by atoms with Crippen LogP contribution in [-0.2, 0) is 11.2 Å². The van der Waals surface area contributed by atoms with Crippen molar-refractivity contribution < 1.29 is 19.1 Å². The fourth-order valence-corrected chi connectivity index (χ4v) is 3.13. The van der Waals surface area contributed by atoms with Crippen molar-refractivity contribution >= 4 is 17.5 Å². The molecule has 3 aromatic rings. The second kappa shape index (κ2) is 12.3. The molecule has 0 aliphatic carbocycles. The van der Waals surface area contributed by atoms with Crippen molar-refractivity contribution in [1.82, 2.24) is 5.32 Å². The highest BCUT2D eigenvalue weighted by Gasteiger charge is 2.14. The van der Waals surface area contributed by atoms with Crippen LogP contribution in [0.2, 0.25) is 0 Å². The molecule has 3 aromatic carbocycles. The molecule has 0 aliphatic heterocycles. The minimum Gasteiger partial charge on any atom is -0.493 e. The molecule has 166 valence electrons. The number of carbonyl (C=O) groups is 2. The molecule has 2 amide bonds. The van der Waals surface area contributed by atoms with Gasteiger partial charge in [-0.15, -0.1) is 0 Å². The molecule has 0 aromatic heterocycles. The lowest BCUT2D eigenvalue weighted by atomic mass is 10.1. The van der Waals surface area contributed by atoms with E-state index in [4.69, 9.17) is 9.47 Å². The summed E-state index contributed by atoms with van der Waals surface area (Å²) in [6.45, 7) is 1.63. The van der Waals surface area contributed by atoms with Gasteiger partial charge in [-0.2, -0.15) is 0 Å². The Kier molecular flexibility index (Phi) is 8.83. The van der Waals surface area contributed by atoms with Gasteiger partial charge in [-0.3, -0.25) is 9.59 Å². The molecule has 0 fully saturated rings. The number of anilines is 1. The summed E-state index contributed by atoms with van der Waals surface area (Å²) in [5, 5.41) is 5.67. The molecule has 0 radical (unpaired) electrons. The number of methoxy groups -OCH3 is 1.